The first kappa shape index (κ1) is 17.3. The average molecular weight is 386 g/mol. The summed E-state index contributed by atoms with van der Waals surface area (Å²) in [5, 5.41) is 5.49. The van der Waals surface area contributed by atoms with Crippen LogP contribution in [0.2, 0.25) is 0 Å². The van der Waals surface area contributed by atoms with Crippen LogP contribution in [0.5, 0.6) is 0 Å². The van der Waals surface area contributed by atoms with Gasteiger partial charge in [0, 0.05) is 30.2 Å². The molecule has 0 saturated carbocycles. The van der Waals surface area contributed by atoms with Gasteiger partial charge < -0.3 is 9.88 Å². The lowest BCUT2D eigenvalue weighted by Gasteiger charge is -2.34. The standard InChI is InChI=1S/C21H18N6O2/c28-18(12-27-21(29)15-6-2-1-5-14(15)11-25-27)26-10-8-16-19(24-13-23-16)20(26)17-7-3-4-9-22-17/h1-7,9,11,13,20H,8,10,12H2,(H,23,24). The molecular formula is C21H18N6O2. The molecule has 3 aromatic heterocycles. The maximum Gasteiger partial charge on any atom is 0.275 e. The molecule has 4 aromatic rings. The molecule has 4 heterocycles. The summed E-state index contributed by atoms with van der Waals surface area (Å²) in [5.74, 6) is -0.195. The highest BCUT2D eigenvalue weighted by molar-refractivity contribution is 5.81. The van der Waals surface area contributed by atoms with E-state index < -0.39 is 6.04 Å². The molecule has 1 aliphatic heterocycles. The Balaban J connectivity index is 1.50. The second kappa shape index (κ2) is 6.97. The largest absolute Gasteiger partial charge is 0.348 e. The fraction of sp³-hybridized carbons (Fsp3) is 0.190. The zero-order valence-electron chi connectivity index (χ0n) is 15.5. The number of pyridine rings is 1. The van der Waals surface area contributed by atoms with Crippen molar-refractivity contribution in [2.75, 3.05) is 6.54 Å². The van der Waals surface area contributed by atoms with E-state index in [1.54, 1.807) is 35.8 Å². The third-order valence-electron chi connectivity index (χ3n) is 5.26. The van der Waals surface area contributed by atoms with Crippen molar-refractivity contribution in [1.82, 2.24) is 29.6 Å². The van der Waals surface area contributed by atoms with Crippen LogP contribution in [0.25, 0.3) is 10.8 Å². The third kappa shape index (κ3) is 2.98. The molecule has 1 amide bonds. The van der Waals surface area contributed by atoms with Gasteiger partial charge in [-0.15, -0.1) is 0 Å². The van der Waals surface area contributed by atoms with Gasteiger partial charge in [0.05, 0.1) is 29.3 Å². The number of imidazole rings is 1. The van der Waals surface area contributed by atoms with Crippen molar-refractivity contribution in [3.63, 3.8) is 0 Å². The van der Waals surface area contributed by atoms with Crippen LogP contribution >= 0.6 is 0 Å². The van der Waals surface area contributed by atoms with E-state index in [4.69, 9.17) is 0 Å². The van der Waals surface area contributed by atoms with Crippen LogP contribution in [0.3, 0.4) is 0 Å². The Bertz CT molecular complexity index is 1250. The zero-order chi connectivity index (χ0) is 19.8. The van der Waals surface area contributed by atoms with Gasteiger partial charge in [-0.2, -0.15) is 5.10 Å². The third-order valence-corrected chi connectivity index (χ3v) is 5.26. The monoisotopic (exact) mass is 386 g/mol. The fourth-order valence-corrected chi connectivity index (χ4v) is 3.84. The number of amides is 1. The number of aromatic amines is 1. The lowest BCUT2D eigenvalue weighted by Crippen LogP contribution is -2.44. The van der Waals surface area contributed by atoms with Gasteiger partial charge in [0.1, 0.15) is 12.6 Å². The van der Waals surface area contributed by atoms with E-state index in [0.717, 1.165) is 22.5 Å². The van der Waals surface area contributed by atoms with Crippen LogP contribution < -0.4 is 5.56 Å². The van der Waals surface area contributed by atoms with Gasteiger partial charge in [-0.1, -0.05) is 24.3 Å². The molecular weight excluding hydrogens is 368 g/mol. The van der Waals surface area contributed by atoms with E-state index >= 15 is 0 Å². The summed E-state index contributed by atoms with van der Waals surface area (Å²) < 4.78 is 1.22. The molecule has 0 radical (unpaired) electrons. The molecule has 0 saturated heterocycles. The molecule has 8 heteroatoms. The minimum Gasteiger partial charge on any atom is -0.348 e. The SMILES string of the molecule is O=C(Cn1ncc2ccccc2c1=O)N1CCc2[nH]cnc2C1c1ccccn1. The quantitative estimate of drug-likeness (QED) is 0.578. The van der Waals surface area contributed by atoms with Crippen molar-refractivity contribution in [3.05, 3.63) is 88.6 Å². The van der Waals surface area contributed by atoms with Crippen LogP contribution in [-0.2, 0) is 17.8 Å². The number of H-pyrrole nitrogens is 1. The molecule has 8 nitrogen and oxygen atoms in total. The predicted molar refractivity (Wildman–Crippen MR) is 106 cm³/mol. The highest BCUT2D eigenvalue weighted by Gasteiger charge is 2.35. The number of hydrogen-bond donors (Lipinski definition) is 1. The van der Waals surface area contributed by atoms with Crippen LogP contribution in [0, 0.1) is 0 Å². The highest BCUT2D eigenvalue weighted by Crippen LogP contribution is 2.32. The van der Waals surface area contributed by atoms with Crippen LogP contribution in [0.1, 0.15) is 23.1 Å². The molecule has 29 heavy (non-hydrogen) atoms. The van der Waals surface area contributed by atoms with Gasteiger partial charge in [-0.3, -0.25) is 14.6 Å². The van der Waals surface area contributed by atoms with E-state index in [9.17, 15) is 9.59 Å². The molecule has 0 aliphatic carbocycles. The molecule has 1 N–H and O–H groups in total. The number of carbonyl (C=O) groups is 1. The normalized spacial score (nSPS) is 16.0. The molecule has 5 rings (SSSR count). The summed E-state index contributed by atoms with van der Waals surface area (Å²) in [5.41, 5.74) is 2.27. The lowest BCUT2D eigenvalue weighted by atomic mass is 9.99. The van der Waals surface area contributed by atoms with Crippen molar-refractivity contribution in [2.45, 2.75) is 19.0 Å². The second-order valence-corrected chi connectivity index (χ2v) is 6.96. The molecule has 0 spiro atoms. The average Bonchev–Trinajstić information content (AvgIpc) is 3.24. The summed E-state index contributed by atoms with van der Waals surface area (Å²) in [4.78, 5) is 39.8. The number of nitrogens with zero attached hydrogens (tertiary/aromatic N) is 5. The molecule has 1 atom stereocenters. The van der Waals surface area contributed by atoms with E-state index in [1.165, 1.54) is 4.68 Å². The Morgan fingerprint density at radius 1 is 1.14 bits per heavy atom. The Hall–Kier alpha value is -3.81. The topological polar surface area (TPSA) is 96.8 Å². The first-order valence-electron chi connectivity index (χ1n) is 9.40. The Labute approximate surface area is 165 Å². The van der Waals surface area contributed by atoms with Gasteiger partial charge in [-0.05, 0) is 18.2 Å². The van der Waals surface area contributed by atoms with Gasteiger partial charge in [0.2, 0.25) is 5.91 Å². The van der Waals surface area contributed by atoms with E-state index in [0.29, 0.717) is 18.4 Å². The van der Waals surface area contributed by atoms with Crippen molar-refractivity contribution >= 4 is 16.7 Å². The van der Waals surface area contributed by atoms with Gasteiger partial charge in [0.15, 0.2) is 0 Å². The Kier molecular flexibility index (Phi) is 4.16. The first-order valence-corrected chi connectivity index (χ1v) is 9.40. The fourth-order valence-electron chi connectivity index (χ4n) is 3.84. The number of fused-ring (bicyclic) bond motifs is 2. The number of aromatic nitrogens is 5. The first-order chi connectivity index (χ1) is 14.2. The number of rotatable bonds is 3. The Morgan fingerprint density at radius 3 is 2.86 bits per heavy atom. The summed E-state index contributed by atoms with van der Waals surface area (Å²) in [6.07, 6.45) is 5.63. The molecule has 144 valence electrons. The van der Waals surface area contributed by atoms with E-state index in [2.05, 4.69) is 20.1 Å². The molecule has 0 bridgehead atoms. The number of nitrogens with one attached hydrogen (secondary N) is 1. The second-order valence-electron chi connectivity index (χ2n) is 6.96. The predicted octanol–water partition coefficient (Wildman–Crippen LogP) is 1.69. The highest BCUT2D eigenvalue weighted by atomic mass is 16.2. The summed E-state index contributed by atoms with van der Waals surface area (Å²) in [6.45, 7) is 0.379. The van der Waals surface area contributed by atoms with Crippen molar-refractivity contribution in [1.29, 1.82) is 0 Å². The Morgan fingerprint density at radius 2 is 2.00 bits per heavy atom. The summed E-state index contributed by atoms with van der Waals surface area (Å²) >= 11 is 0. The molecule has 1 aliphatic rings. The molecule has 1 aromatic carbocycles. The zero-order valence-corrected chi connectivity index (χ0v) is 15.5. The molecule has 0 fully saturated rings. The smallest absolute Gasteiger partial charge is 0.275 e. The number of hydrogen-bond acceptors (Lipinski definition) is 5. The lowest BCUT2D eigenvalue weighted by molar-refractivity contribution is -0.134. The van der Waals surface area contributed by atoms with E-state index in [-0.39, 0.29) is 18.0 Å². The van der Waals surface area contributed by atoms with Gasteiger partial charge in [0.25, 0.3) is 5.56 Å². The molecule has 1 unspecified atom stereocenters. The van der Waals surface area contributed by atoms with E-state index in [1.807, 2.05) is 30.3 Å². The van der Waals surface area contributed by atoms with Gasteiger partial charge >= 0.3 is 0 Å². The maximum atomic E-state index is 13.2. The van der Waals surface area contributed by atoms with Crippen molar-refractivity contribution in [2.24, 2.45) is 0 Å². The minimum absolute atomic E-state index is 0.132. The summed E-state index contributed by atoms with van der Waals surface area (Å²) in [7, 11) is 0. The maximum absolute atomic E-state index is 13.2. The van der Waals surface area contributed by atoms with Crippen LogP contribution in [0.4, 0.5) is 0 Å². The van der Waals surface area contributed by atoms with Crippen LogP contribution in [0.15, 0.2) is 66.0 Å². The number of carbonyl (C=O) groups excluding carboxylic acids is 1. The number of benzene rings is 1. The van der Waals surface area contributed by atoms with Crippen molar-refractivity contribution < 1.29 is 4.79 Å². The van der Waals surface area contributed by atoms with Gasteiger partial charge in [-0.25, -0.2) is 9.67 Å². The minimum atomic E-state index is -0.394. The van der Waals surface area contributed by atoms with Crippen molar-refractivity contribution in [3.8, 4) is 0 Å². The van der Waals surface area contributed by atoms with Crippen LogP contribution in [-0.4, -0.2) is 42.1 Å². The summed E-state index contributed by atoms with van der Waals surface area (Å²) in [6, 6.07) is 12.4.